The fourth-order valence-electron chi connectivity index (χ4n) is 8.07. The van der Waals surface area contributed by atoms with E-state index in [1.54, 1.807) is 44.5 Å². The van der Waals surface area contributed by atoms with Gasteiger partial charge in [-0.2, -0.15) is 5.10 Å². The topological polar surface area (TPSA) is 189 Å². The number of imide groups is 1. The van der Waals surface area contributed by atoms with Crippen molar-refractivity contribution in [1.82, 2.24) is 39.2 Å². The number of carbonyl (C=O) groups excluding carboxylic acids is 4. The molecule has 5 aliphatic rings. The van der Waals surface area contributed by atoms with E-state index < -0.39 is 27.2 Å². The van der Waals surface area contributed by atoms with E-state index >= 15 is 0 Å². The first kappa shape index (κ1) is 34.5. The minimum absolute atomic E-state index is 0.0113. The fraction of sp³-hybridized carbons (Fsp3) is 0.500. The zero-order valence-corrected chi connectivity index (χ0v) is 30.0. The number of fused-ring (bicyclic) bond motifs is 1. The molecule has 4 aliphatic heterocycles. The van der Waals surface area contributed by atoms with Crippen molar-refractivity contribution in [3.63, 3.8) is 0 Å². The summed E-state index contributed by atoms with van der Waals surface area (Å²) in [4.78, 5) is 62.2. The maximum atomic E-state index is 13.5. The van der Waals surface area contributed by atoms with Gasteiger partial charge in [0.2, 0.25) is 27.8 Å². The standard InChI is InChI=1S/C34H38ClN9O7S/c1-41-15-20(13-37-41)30-25(35)14-36-33(40-30)38-21-7-9-43(10-8-21)52(49,50)22-11-34(12-22)18-42(19-34)29(46)17-51-27-4-2-3-23-24(27)16-44(32(23)48)26-5-6-28(45)39-31(26)47/h2-4,13-15,21-22,26H,5-12,16-19H2,1H3,(H,36,38,40)(H,39,45,47). The predicted molar refractivity (Wildman–Crippen MR) is 186 cm³/mol. The lowest BCUT2D eigenvalue weighted by Gasteiger charge is -2.59. The van der Waals surface area contributed by atoms with Crippen LogP contribution in [0.5, 0.6) is 5.75 Å². The number of nitrogens with one attached hydrogen (secondary N) is 2. The van der Waals surface area contributed by atoms with E-state index in [1.165, 1.54) is 4.90 Å². The first-order chi connectivity index (χ1) is 24.9. The molecule has 274 valence electrons. The average Bonchev–Trinajstić information content (AvgIpc) is 3.66. The average molecular weight is 752 g/mol. The number of benzene rings is 1. The molecule has 52 heavy (non-hydrogen) atoms. The number of hydrogen-bond acceptors (Lipinski definition) is 11. The zero-order valence-electron chi connectivity index (χ0n) is 28.5. The van der Waals surface area contributed by atoms with E-state index in [0.717, 1.165) is 5.56 Å². The summed E-state index contributed by atoms with van der Waals surface area (Å²) in [6.45, 7) is 1.67. The molecule has 8 rings (SSSR count). The van der Waals surface area contributed by atoms with Gasteiger partial charge in [0.25, 0.3) is 11.8 Å². The van der Waals surface area contributed by atoms with Gasteiger partial charge in [-0.15, -0.1) is 0 Å². The molecule has 1 unspecified atom stereocenters. The lowest BCUT2D eigenvalue weighted by molar-refractivity contribution is -0.151. The van der Waals surface area contributed by atoms with Crippen molar-refractivity contribution in [3.8, 4) is 17.0 Å². The molecule has 3 saturated heterocycles. The largest absolute Gasteiger partial charge is 0.483 e. The Kier molecular flexibility index (Phi) is 8.69. The van der Waals surface area contributed by atoms with Crippen LogP contribution in [0.25, 0.3) is 11.3 Å². The van der Waals surface area contributed by atoms with Crippen LogP contribution < -0.4 is 15.4 Å². The SMILES string of the molecule is Cn1cc(-c2nc(NC3CCN(S(=O)(=O)C4CC5(C4)CN(C(=O)COc4cccc6c4CN(C4CCC(=O)NC4=O)C6=O)C5)CC3)ncc2Cl)cn1. The fourth-order valence-corrected chi connectivity index (χ4v) is 10.5. The Morgan fingerprint density at radius 3 is 2.60 bits per heavy atom. The highest BCUT2D eigenvalue weighted by Crippen LogP contribution is 2.51. The maximum absolute atomic E-state index is 13.5. The smallest absolute Gasteiger partial charge is 0.260 e. The quantitative estimate of drug-likeness (QED) is 0.302. The number of aryl methyl sites for hydroxylation is 1. The molecule has 0 bridgehead atoms. The molecule has 1 atom stereocenters. The first-order valence-electron chi connectivity index (χ1n) is 17.3. The highest BCUT2D eigenvalue weighted by Gasteiger charge is 2.58. The molecule has 1 aliphatic carbocycles. The molecule has 1 aromatic carbocycles. The molecule has 0 radical (unpaired) electrons. The lowest BCUT2D eigenvalue weighted by Crippen LogP contribution is -2.67. The maximum Gasteiger partial charge on any atom is 0.260 e. The van der Waals surface area contributed by atoms with Crippen molar-refractivity contribution in [1.29, 1.82) is 0 Å². The molecule has 16 nitrogen and oxygen atoms in total. The van der Waals surface area contributed by atoms with Gasteiger partial charge in [0.05, 0.1) is 34.9 Å². The van der Waals surface area contributed by atoms with Crippen LogP contribution in [0.3, 0.4) is 0 Å². The van der Waals surface area contributed by atoms with Crippen LogP contribution in [0.4, 0.5) is 5.95 Å². The van der Waals surface area contributed by atoms with Gasteiger partial charge in [-0.3, -0.25) is 29.2 Å². The van der Waals surface area contributed by atoms with Crippen molar-refractivity contribution < 1.29 is 32.3 Å². The van der Waals surface area contributed by atoms with Crippen LogP contribution in [0, 0.1) is 5.41 Å². The summed E-state index contributed by atoms with van der Waals surface area (Å²) in [5.41, 5.74) is 2.16. The van der Waals surface area contributed by atoms with Gasteiger partial charge >= 0.3 is 0 Å². The number of aromatic nitrogens is 4. The number of sulfonamides is 1. The van der Waals surface area contributed by atoms with Gasteiger partial charge < -0.3 is 19.9 Å². The van der Waals surface area contributed by atoms with E-state index in [9.17, 15) is 27.6 Å². The second-order valence-corrected chi connectivity index (χ2v) is 17.0. The Hall–Kier alpha value is -4.61. The van der Waals surface area contributed by atoms with Gasteiger partial charge in [0.1, 0.15) is 11.8 Å². The minimum Gasteiger partial charge on any atom is -0.483 e. The Labute approximate surface area is 304 Å². The van der Waals surface area contributed by atoms with Crippen molar-refractivity contribution in [2.24, 2.45) is 12.5 Å². The number of anilines is 1. The van der Waals surface area contributed by atoms with Gasteiger partial charge in [-0.25, -0.2) is 22.7 Å². The number of piperidine rings is 2. The van der Waals surface area contributed by atoms with E-state index in [1.807, 2.05) is 13.2 Å². The minimum atomic E-state index is -3.48. The van der Waals surface area contributed by atoms with E-state index in [2.05, 4.69) is 25.7 Å². The lowest BCUT2D eigenvalue weighted by atomic mass is 9.63. The molecule has 2 aromatic heterocycles. The number of halogens is 1. The Bertz CT molecular complexity index is 2070. The van der Waals surface area contributed by atoms with Crippen molar-refractivity contribution in [2.45, 2.75) is 62.4 Å². The predicted octanol–water partition coefficient (Wildman–Crippen LogP) is 1.57. The number of rotatable bonds is 9. The normalized spacial score (nSPS) is 22.2. The Morgan fingerprint density at radius 1 is 1.12 bits per heavy atom. The summed E-state index contributed by atoms with van der Waals surface area (Å²) in [5, 5.41) is 9.76. The van der Waals surface area contributed by atoms with E-state index in [4.69, 9.17) is 16.3 Å². The number of hydrogen-bond donors (Lipinski definition) is 2. The third kappa shape index (κ3) is 6.27. The summed E-state index contributed by atoms with van der Waals surface area (Å²) in [6, 6.07) is 4.29. The number of likely N-dealkylation sites (tertiary alicyclic amines) is 1. The van der Waals surface area contributed by atoms with Crippen LogP contribution >= 0.6 is 11.6 Å². The number of nitrogens with zero attached hydrogens (tertiary/aromatic N) is 7. The zero-order chi connectivity index (χ0) is 36.4. The van der Waals surface area contributed by atoms with Gasteiger partial charge in [-0.05, 0) is 44.2 Å². The van der Waals surface area contributed by atoms with Crippen LogP contribution in [0.1, 0.15) is 54.4 Å². The van der Waals surface area contributed by atoms with Crippen LogP contribution in [0.2, 0.25) is 5.02 Å². The van der Waals surface area contributed by atoms with Gasteiger partial charge in [0.15, 0.2) is 6.61 Å². The van der Waals surface area contributed by atoms with Gasteiger partial charge in [0, 0.05) is 74.0 Å². The Balaban J connectivity index is 0.794. The first-order valence-corrected chi connectivity index (χ1v) is 19.2. The summed E-state index contributed by atoms with van der Waals surface area (Å²) >= 11 is 6.33. The van der Waals surface area contributed by atoms with Crippen molar-refractivity contribution in [3.05, 3.63) is 52.9 Å². The van der Waals surface area contributed by atoms with Crippen LogP contribution in [0.15, 0.2) is 36.8 Å². The molecule has 1 saturated carbocycles. The molecule has 4 fully saturated rings. The second kappa shape index (κ2) is 13.1. The molecule has 3 aromatic rings. The molecule has 6 heterocycles. The number of carbonyl (C=O) groups is 4. The summed E-state index contributed by atoms with van der Waals surface area (Å²) < 4.78 is 36.2. The Morgan fingerprint density at radius 2 is 1.88 bits per heavy atom. The third-order valence-electron chi connectivity index (χ3n) is 10.9. The monoisotopic (exact) mass is 751 g/mol. The summed E-state index contributed by atoms with van der Waals surface area (Å²) in [5.74, 6) is -0.552. The van der Waals surface area contributed by atoms with Crippen molar-refractivity contribution >= 4 is 51.2 Å². The number of ether oxygens (including phenoxy) is 1. The van der Waals surface area contributed by atoms with E-state index in [0.29, 0.717) is 85.4 Å². The number of amides is 4. The van der Waals surface area contributed by atoms with Crippen LogP contribution in [-0.4, -0.2) is 116 Å². The molecule has 4 amide bonds. The second-order valence-electron chi connectivity index (χ2n) is 14.4. The third-order valence-corrected chi connectivity index (χ3v) is 13.4. The van der Waals surface area contributed by atoms with Gasteiger partial charge in [-0.1, -0.05) is 17.7 Å². The molecular weight excluding hydrogens is 714 g/mol. The summed E-state index contributed by atoms with van der Waals surface area (Å²) in [6.07, 6.45) is 7.71. The highest BCUT2D eigenvalue weighted by atomic mass is 35.5. The highest BCUT2D eigenvalue weighted by molar-refractivity contribution is 7.89. The van der Waals surface area contributed by atoms with E-state index in [-0.39, 0.29) is 55.2 Å². The molecular formula is C34H38ClN9O7S. The summed E-state index contributed by atoms with van der Waals surface area (Å²) in [7, 11) is -1.67. The van der Waals surface area contributed by atoms with Crippen molar-refractivity contribution in [2.75, 3.05) is 38.1 Å². The molecule has 18 heteroatoms. The molecule has 1 spiro atoms. The molecule has 2 N–H and O–H groups in total. The van der Waals surface area contributed by atoms with Crippen LogP contribution in [-0.2, 0) is 38.0 Å².